The van der Waals surface area contributed by atoms with E-state index in [0.29, 0.717) is 6.61 Å². The van der Waals surface area contributed by atoms with Crippen molar-refractivity contribution in [2.24, 2.45) is 0 Å². The molecule has 1 aromatic carbocycles. The minimum absolute atomic E-state index is 0.0616. The summed E-state index contributed by atoms with van der Waals surface area (Å²) in [5, 5.41) is 8.96. The minimum Gasteiger partial charge on any atom is -0.396 e. The van der Waals surface area contributed by atoms with E-state index in [9.17, 15) is 0 Å². The van der Waals surface area contributed by atoms with Crippen molar-refractivity contribution in [2.45, 2.75) is 64.9 Å². The van der Waals surface area contributed by atoms with Gasteiger partial charge in [0, 0.05) is 19.6 Å². The summed E-state index contributed by atoms with van der Waals surface area (Å²) >= 11 is 0. The van der Waals surface area contributed by atoms with Crippen LogP contribution in [0.5, 0.6) is 0 Å². The highest BCUT2D eigenvalue weighted by Gasteiger charge is 2.29. The molecule has 1 aromatic rings. The van der Waals surface area contributed by atoms with Crippen molar-refractivity contribution in [3.8, 4) is 0 Å². The van der Waals surface area contributed by atoms with Crippen molar-refractivity contribution in [3.05, 3.63) is 35.4 Å². The van der Waals surface area contributed by atoms with Crippen molar-refractivity contribution < 1.29 is 9.84 Å². The SMILES string of the molecule is CCCC(CCC)(Cc1ccc(C)cc1)OCCCO. The second kappa shape index (κ2) is 9.15. The Bertz CT molecular complexity index is 350. The maximum atomic E-state index is 8.96. The van der Waals surface area contributed by atoms with E-state index < -0.39 is 0 Å². The highest BCUT2D eigenvalue weighted by molar-refractivity contribution is 5.22. The smallest absolute Gasteiger partial charge is 0.0722 e. The average molecular weight is 278 g/mol. The van der Waals surface area contributed by atoms with Crippen LogP contribution in [0.15, 0.2) is 24.3 Å². The van der Waals surface area contributed by atoms with E-state index >= 15 is 0 Å². The van der Waals surface area contributed by atoms with Crippen LogP contribution in [0.1, 0.15) is 57.1 Å². The van der Waals surface area contributed by atoms with E-state index in [1.54, 1.807) is 0 Å². The Hall–Kier alpha value is -0.860. The lowest BCUT2D eigenvalue weighted by Crippen LogP contribution is -2.35. The van der Waals surface area contributed by atoms with Crippen LogP contribution in [0.25, 0.3) is 0 Å². The van der Waals surface area contributed by atoms with Gasteiger partial charge in [0.2, 0.25) is 0 Å². The molecule has 0 unspecified atom stereocenters. The number of ether oxygens (including phenoxy) is 1. The molecule has 2 heteroatoms. The number of rotatable bonds is 10. The van der Waals surface area contributed by atoms with Crippen molar-refractivity contribution in [1.82, 2.24) is 0 Å². The number of hydrogen-bond donors (Lipinski definition) is 1. The lowest BCUT2D eigenvalue weighted by molar-refractivity contribution is -0.0621. The van der Waals surface area contributed by atoms with Crippen LogP contribution in [0, 0.1) is 6.92 Å². The molecule has 0 fully saturated rings. The Labute approximate surface area is 124 Å². The van der Waals surface area contributed by atoms with Gasteiger partial charge in [-0.1, -0.05) is 56.5 Å². The van der Waals surface area contributed by atoms with Crippen molar-refractivity contribution in [3.63, 3.8) is 0 Å². The molecule has 114 valence electrons. The monoisotopic (exact) mass is 278 g/mol. The van der Waals surface area contributed by atoms with Gasteiger partial charge in [-0.2, -0.15) is 0 Å². The second-order valence-electron chi connectivity index (χ2n) is 5.77. The normalized spacial score (nSPS) is 11.8. The van der Waals surface area contributed by atoms with Crippen LogP contribution >= 0.6 is 0 Å². The van der Waals surface area contributed by atoms with E-state index in [2.05, 4.69) is 45.0 Å². The maximum absolute atomic E-state index is 8.96. The van der Waals surface area contributed by atoms with Gasteiger partial charge >= 0.3 is 0 Å². The van der Waals surface area contributed by atoms with Gasteiger partial charge in [-0.05, 0) is 31.7 Å². The Morgan fingerprint density at radius 1 is 1.05 bits per heavy atom. The number of aliphatic hydroxyl groups is 1. The molecular weight excluding hydrogens is 248 g/mol. The highest BCUT2D eigenvalue weighted by atomic mass is 16.5. The molecule has 20 heavy (non-hydrogen) atoms. The van der Waals surface area contributed by atoms with Crippen LogP contribution in [0.4, 0.5) is 0 Å². The summed E-state index contributed by atoms with van der Waals surface area (Å²) in [6.45, 7) is 7.41. The molecule has 0 aromatic heterocycles. The first-order valence-electron chi connectivity index (χ1n) is 7.96. The van der Waals surface area contributed by atoms with Gasteiger partial charge in [0.25, 0.3) is 0 Å². The average Bonchev–Trinajstić information content (AvgIpc) is 2.42. The van der Waals surface area contributed by atoms with Crippen LogP contribution < -0.4 is 0 Å². The van der Waals surface area contributed by atoms with Gasteiger partial charge in [-0.25, -0.2) is 0 Å². The molecule has 1 rings (SSSR count). The van der Waals surface area contributed by atoms with Crippen LogP contribution in [0.2, 0.25) is 0 Å². The Morgan fingerprint density at radius 3 is 2.15 bits per heavy atom. The lowest BCUT2D eigenvalue weighted by Gasteiger charge is -2.34. The molecule has 0 saturated heterocycles. The summed E-state index contributed by atoms with van der Waals surface area (Å²) in [4.78, 5) is 0. The first kappa shape index (κ1) is 17.2. The molecule has 0 aliphatic carbocycles. The molecule has 1 N–H and O–H groups in total. The van der Waals surface area contributed by atoms with Gasteiger partial charge in [-0.15, -0.1) is 0 Å². The summed E-state index contributed by atoms with van der Waals surface area (Å²) in [5.74, 6) is 0. The predicted octanol–water partition coefficient (Wildman–Crippen LogP) is 4.28. The number of aryl methyl sites for hydroxylation is 1. The molecule has 0 amide bonds. The van der Waals surface area contributed by atoms with E-state index in [4.69, 9.17) is 9.84 Å². The Balaban J connectivity index is 2.79. The van der Waals surface area contributed by atoms with Crippen molar-refractivity contribution in [2.75, 3.05) is 13.2 Å². The molecule has 0 saturated carbocycles. The fourth-order valence-electron chi connectivity index (χ4n) is 2.84. The Morgan fingerprint density at radius 2 is 1.65 bits per heavy atom. The van der Waals surface area contributed by atoms with E-state index in [1.165, 1.54) is 11.1 Å². The molecule has 0 aliphatic rings. The number of aliphatic hydroxyl groups excluding tert-OH is 1. The van der Waals surface area contributed by atoms with E-state index in [1.807, 2.05) is 0 Å². The molecule has 0 radical (unpaired) electrons. The summed E-state index contributed by atoms with van der Waals surface area (Å²) in [7, 11) is 0. The van der Waals surface area contributed by atoms with E-state index in [0.717, 1.165) is 38.5 Å². The lowest BCUT2D eigenvalue weighted by atomic mass is 9.85. The zero-order valence-electron chi connectivity index (χ0n) is 13.3. The highest BCUT2D eigenvalue weighted by Crippen LogP contribution is 2.29. The first-order chi connectivity index (χ1) is 9.65. The van der Waals surface area contributed by atoms with Gasteiger partial charge in [0.15, 0.2) is 0 Å². The third kappa shape index (κ3) is 5.64. The fourth-order valence-corrected chi connectivity index (χ4v) is 2.84. The van der Waals surface area contributed by atoms with E-state index in [-0.39, 0.29) is 12.2 Å². The quantitative estimate of drug-likeness (QED) is 0.647. The predicted molar refractivity (Wildman–Crippen MR) is 85.1 cm³/mol. The minimum atomic E-state index is -0.0616. The third-order valence-corrected chi connectivity index (χ3v) is 3.77. The molecule has 0 aliphatic heterocycles. The standard InChI is InChI=1S/C18H30O2/c1-4-11-18(12-5-2,20-14-6-13-19)15-17-9-7-16(3)8-10-17/h7-10,19H,4-6,11-15H2,1-3H3. The van der Waals surface area contributed by atoms with Gasteiger partial charge in [0.1, 0.15) is 0 Å². The van der Waals surface area contributed by atoms with Crippen LogP contribution in [0.3, 0.4) is 0 Å². The fraction of sp³-hybridized carbons (Fsp3) is 0.667. The maximum Gasteiger partial charge on any atom is 0.0722 e. The molecular formula is C18H30O2. The van der Waals surface area contributed by atoms with Crippen LogP contribution in [-0.4, -0.2) is 23.9 Å². The topological polar surface area (TPSA) is 29.5 Å². The van der Waals surface area contributed by atoms with Gasteiger partial charge in [0.05, 0.1) is 5.60 Å². The Kier molecular flexibility index (Phi) is 7.86. The summed E-state index contributed by atoms with van der Waals surface area (Å²) < 4.78 is 6.23. The summed E-state index contributed by atoms with van der Waals surface area (Å²) in [6.07, 6.45) is 6.12. The first-order valence-corrected chi connectivity index (χ1v) is 7.96. The molecule has 0 bridgehead atoms. The molecule has 0 heterocycles. The van der Waals surface area contributed by atoms with Gasteiger partial charge in [-0.3, -0.25) is 0 Å². The third-order valence-electron chi connectivity index (χ3n) is 3.77. The largest absolute Gasteiger partial charge is 0.396 e. The molecule has 2 nitrogen and oxygen atoms in total. The number of hydrogen-bond acceptors (Lipinski definition) is 2. The zero-order valence-corrected chi connectivity index (χ0v) is 13.3. The molecule has 0 atom stereocenters. The van der Waals surface area contributed by atoms with Gasteiger partial charge < -0.3 is 9.84 Å². The summed E-state index contributed by atoms with van der Waals surface area (Å²) in [6, 6.07) is 8.77. The summed E-state index contributed by atoms with van der Waals surface area (Å²) in [5.41, 5.74) is 2.58. The van der Waals surface area contributed by atoms with Crippen molar-refractivity contribution >= 4 is 0 Å². The molecule has 0 spiro atoms. The van der Waals surface area contributed by atoms with Crippen LogP contribution in [-0.2, 0) is 11.2 Å². The zero-order chi connectivity index (χ0) is 14.8. The second-order valence-corrected chi connectivity index (χ2v) is 5.77. The van der Waals surface area contributed by atoms with Crippen molar-refractivity contribution in [1.29, 1.82) is 0 Å². The number of benzene rings is 1.